The molecule has 0 saturated heterocycles. The molecule has 1 rings (SSSR count). The number of esters is 1. The number of allylic oxidation sites excluding steroid dienone is 2. The molecule has 2 atom stereocenters. The van der Waals surface area contributed by atoms with Crippen LogP contribution in [0.25, 0.3) is 0 Å². The molecule has 3 heteroatoms. The molecule has 1 aliphatic rings. The monoisotopic (exact) mass is 196 g/mol. The molecule has 78 valence electrons. The Labute approximate surface area is 84.1 Å². The molecule has 0 heterocycles. The molecular weight excluding hydrogens is 180 g/mol. The molecule has 1 aliphatic carbocycles. The van der Waals surface area contributed by atoms with Crippen molar-refractivity contribution in [2.75, 3.05) is 7.11 Å². The van der Waals surface area contributed by atoms with Crippen LogP contribution in [0.5, 0.6) is 0 Å². The largest absolute Gasteiger partial charge is 0.468 e. The van der Waals surface area contributed by atoms with Crippen molar-refractivity contribution < 1.29 is 14.3 Å². The van der Waals surface area contributed by atoms with Gasteiger partial charge in [-0.05, 0) is 25.3 Å². The Morgan fingerprint density at radius 3 is 2.79 bits per heavy atom. The van der Waals surface area contributed by atoms with Gasteiger partial charge in [0.15, 0.2) is 5.78 Å². The number of carbonyl (C=O) groups excluding carboxylic acids is 2. The van der Waals surface area contributed by atoms with E-state index in [1.807, 2.05) is 13.8 Å². The highest BCUT2D eigenvalue weighted by Gasteiger charge is 2.36. The van der Waals surface area contributed by atoms with Crippen molar-refractivity contribution in [3.8, 4) is 0 Å². The first-order valence-corrected chi connectivity index (χ1v) is 4.89. The zero-order valence-electron chi connectivity index (χ0n) is 8.87. The van der Waals surface area contributed by atoms with Crippen molar-refractivity contribution in [1.29, 1.82) is 0 Å². The predicted octanol–water partition coefficient (Wildman–Crippen LogP) is 1.72. The lowest BCUT2D eigenvalue weighted by atomic mass is 9.78. The van der Waals surface area contributed by atoms with Crippen LogP contribution >= 0.6 is 0 Å². The van der Waals surface area contributed by atoms with Crippen molar-refractivity contribution in [2.24, 2.45) is 11.8 Å². The summed E-state index contributed by atoms with van der Waals surface area (Å²) in [6.45, 7) is 3.92. The van der Waals surface area contributed by atoms with Gasteiger partial charge in [0.25, 0.3) is 0 Å². The molecule has 0 aliphatic heterocycles. The summed E-state index contributed by atoms with van der Waals surface area (Å²) in [5, 5.41) is 0. The molecule has 0 aromatic carbocycles. The highest BCUT2D eigenvalue weighted by Crippen LogP contribution is 2.30. The SMILES string of the molecule is CCC1CC(C)=CC(=O)C1C(=O)OC. The number of hydrogen-bond donors (Lipinski definition) is 0. The number of ketones is 1. The van der Waals surface area contributed by atoms with Gasteiger partial charge in [0.2, 0.25) is 0 Å². The van der Waals surface area contributed by atoms with Gasteiger partial charge in [0.05, 0.1) is 7.11 Å². The lowest BCUT2D eigenvalue weighted by Gasteiger charge is -2.26. The molecule has 0 amide bonds. The van der Waals surface area contributed by atoms with Gasteiger partial charge in [-0.3, -0.25) is 9.59 Å². The van der Waals surface area contributed by atoms with Crippen LogP contribution in [0.2, 0.25) is 0 Å². The maximum absolute atomic E-state index is 11.6. The van der Waals surface area contributed by atoms with Crippen LogP contribution in [0.4, 0.5) is 0 Å². The zero-order valence-corrected chi connectivity index (χ0v) is 8.87. The molecule has 0 aromatic rings. The molecule has 0 aromatic heterocycles. The van der Waals surface area contributed by atoms with Gasteiger partial charge in [-0.1, -0.05) is 18.9 Å². The van der Waals surface area contributed by atoms with Gasteiger partial charge in [-0.2, -0.15) is 0 Å². The minimum atomic E-state index is -0.575. The standard InChI is InChI=1S/C11H16O3/c1-4-8-5-7(2)6-9(12)10(8)11(13)14-3/h6,8,10H,4-5H2,1-3H3. The Kier molecular flexibility index (Phi) is 3.44. The molecule has 0 spiro atoms. The van der Waals surface area contributed by atoms with Gasteiger partial charge in [-0.15, -0.1) is 0 Å². The molecular formula is C11H16O3. The normalized spacial score (nSPS) is 27.1. The summed E-state index contributed by atoms with van der Waals surface area (Å²) in [7, 11) is 1.33. The number of ether oxygens (including phenoxy) is 1. The summed E-state index contributed by atoms with van der Waals surface area (Å²) >= 11 is 0. The maximum atomic E-state index is 11.6. The Bertz CT molecular complexity index is 278. The van der Waals surface area contributed by atoms with Crippen LogP contribution < -0.4 is 0 Å². The van der Waals surface area contributed by atoms with E-state index < -0.39 is 11.9 Å². The first-order chi connectivity index (χ1) is 6.60. The predicted molar refractivity (Wildman–Crippen MR) is 52.7 cm³/mol. The number of hydrogen-bond acceptors (Lipinski definition) is 3. The smallest absolute Gasteiger partial charge is 0.316 e. The number of carbonyl (C=O) groups is 2. The summed E-state index contributed by atoms with van der Waals surface area (Å²) < 4.78 is 4.64. The first-order valence-electron chi connectivity index (χ1n) is 4.89. The maximum Gasteiger partial charge on any atom is 0.316 e. The average Bonchev–Trinajstić information content (AvgIpc) is 2.15. The summed E-state index contributed by atoms with van der Waals surface area (Å²) in [6, 6.07) is 0. The van der Waals surface area contributed by atoms with Crippen molar-refractivity contribution in [1.82, 2.24) is 0 Å². The topological polar surface area (TPSA) is 43.4 Å². The van der Waals surface area contributed by atoms with Crippen molar-refractivity contribution >= 4 is 11.8 Å². The summed E-state index contributed by atoms with van der Waals surface area (Å²) in [5.74, 6) is -0.966. The van der Waals surface area contributed by atoms with Crippen molar-refractivity contribution in [2.45, 2.75) is 26.7 Å². The van der Waals surface area contributed by atoms with Gasteiger partial charge < -0.3 is 4.74 Å². The molecule has 0 radical (unpaired) electrons. The Balaban J connectivity index is 2.91. The van der Waals surface area contributed by atoms with E-state index in [9.17, 15) is 9.59 Å². The fourth-order valence-electron chi connectivity index (χ4n) is 1.97. The lowest BCUT2D eigenvalue weighted by molar-refractivity contribution is -0.151. The highest BCUT2D eigenvalue weighted by atomic mass is 16.5. The van der Waals surface area contributed by atoms with E-state index in [0.717, 1.165) is 18.4 Å². The Hall–Kier alpha value is -1.12. The van der Waals surface area contributed by atoms with E-state index in [4.69, 9.17) is 0 Å². The van der Waals surface area contributed by atoms with Crippen LogP contribution in [0.15, 0.2) is 11.6 Å². The van der Waals surface area contributed by atoms with E-state index in [-0.39, 0.29) is 11.7 Å². The van der Waals surface area contributed by atoms with Crippen LogP contribution in [-0.4, -0.2) is 18.9 Å². The molecule has 0 fully saturated rings. The van der Waals surface area contributed by atoms with E-state index >= 15 is 0 Å². The van der Waals surface area contributed by atoms with E-state index in [2.05, 4.69) is 4.74 Å². The minimum Gasteiger partial charge on any atom is -0.468 e. The molecule has 0 N–H and O–H groups in total. The van der Waals surface area contributed by atoms with E-state index in [0.29, 0.717) is 0 Å². The average molecular weight is 196 g/mol. The summed E-state index contributed by atoms with van der Waals surface area (Å²) in [6.07, 6.45) is 3.21. The molecule has 0 saturated carbocycles. The third kappa shape index (κ3) is 2.03. The quantitative estimate of drug-likeness (QED) is 0.499. The second-order valence-electron chi connectivity index (χ2n) is 3.77. The van der Waals surface area contributed by atoms with Crippen LogP contribution in [0, 0.1) is 11.8 Å². The summed E-state index contributed by atoms with van der Waals surface area (Å²) in [4.78, 5) is 23.0. The first kappa shape index (κ1) is 11.0. The second kappa shape index (κ2) is 4.40. The lowest BCUT2D eigenvalue weighted by Crippen LogP contribution is -2.34. The van der Waals surface area contributed by atoms with E-state index in [1.165, 1.54) is 7.11 Å². The molecule has 2 unspecified atom stereocenters. The van der Waals surface area contributed by atoms with Crippen LogP contribution in [0.1, 0.15) is 26.7 Å². The summed E-state index contributed by atoms with van der Waals surface area (Å²) in [5.41, 5.74) is 1.06. The van der Waals surface area contributed by atoms with Crippen LogP contribution in [-0.2, 0) is 14.3 Å². The van der Waals surface area contributed by atoms with Crippen molar-refractivity contribution in [3.63, 3.8) is 0 Å². The van der Waals surface area contributed by atoms with Gasteiger partial charge in [-0.25, -0.2) is 0 Å². The fourth-order valence-corrected chi connectivity index (χ4v) is 1.97. The molecule has 0 bridgehead atoms. The Morgan fingerprint density at radius 2 is 2.29 bits per heavy atom. The van der Waals surface area contributed by atoms with Gasteiger partial charge in [0, 0.05) is 0 Å². The third-order valence-electron chi connectivity index (χ3n) is 2.73. The second-order valence-corrected chi connectivity index (χ2v) is 3.77. The van der Waals surface area contributed by atoms with Crippen LogP contribution in [0.3, 0.4) is 0 Å². The zero-order chi connectivity index (χ0) is 10.7. The highest BCUT2D eigenvalue weighted by molar-refractivity contribution is 6.06. The molecule has 3 nitrogen and oxygen atoms in total. The minimum absolute atomic E-state index is 0.104. The van der Waals surface area contributed by atoms with Crippen molar-refractivity contribution in [3.05, 3.63) is 11.6 Å². The Morgan fingerprint density at radius 1 is 1.64 bits per heavy atom. The molecule has 14 heavy (non-hydrogen) atoms. The van der Waals surface area contributed by atoms with Gasteiger partial charge in [0.1, 0.15) is 5.92 Å². The number of methoxy groups -OCH3 is 1. The third-order valence-corrected chi connectivity index (χ3v) is 2.73. The van der Waals surface area contributed by atoms with E-state index in [1.54, 1.807) is 6.08 Å². The van der Waals surface area contributed by atoms with Gasteiger partial charge >= 0.3 is 5.97 Å². The number of rotatable bonds is 2. The fraction of sp³-hybridized carbons (Fsp3) is 0.636.